The van der Waals surface area contributed by atoms with Gasteiger partial charge in [0.05, 0.1) is 12.4 Å². The number of halogens is 1. The molecule has 104 valence electrons. The number of hydrogen-bond acceptors (Lipinski definition) is 4. The van der Waals surface area contributed by atoms with E-state index in [0.29, 0.717) is 6.54 Å². The van der Waals surface area contributed by atoms with Crippen LogP contribution in [0.4, 0.5) is 5.82 Å². The van der Waals surface area contributed by atoms with Crippen LogP contribution in [0.1, 0.15) is 23.0 Å². The van der Waals surface area contributed by atoms with Gasteiger partial charge in [-0.15, -0.1) is 0 Å². The summed E-state index contributed by atoms with van der Waals surface area (Å²) in [6, 6.07) is 5.80. The van der Waals surface area contributed by atoms with Crippen molar-refractivity contribution in [3.8, 4) is 0 Å². The molecule has 1 aliphatic rings. The molecule has 2 aromatic rings. The highest BCUT2D eigenvalue weighted by molar-refractivity contribution is 6.32. The average Bonchev–Trinajstić information content (AvgIpc) is 3.05. The Hall–Kier alpha value is -2.08. The number of pyridine rings is 1. The Morgan fingerprint density at radius 2 is 2.25 bits per heavy atom. The van der Waals surface area contributed by atoms with E-state index in [1.165, 1.54) is 6.33 Å². The first-order valence-electron chi connectivity index (χ1n) is 6.28. The third-order valence-electron chi connectivity index (χ3n) is 3.48. The second-order valence-electron chi connectivity index (χ2n) is 4.67. The zero-order valence-electron chi connectivity index (χ0n) is 10.6. The van der Waals surface area contributed by atoms with Crippen LogP contribution in [0, 0.1) is 0 Å². The largest absolute Gasteiger partial charge is 0.476 e. The van der Waals surface area contributed by atoms with Gasteiger partial charge in [0, 0.05) is 19.3 Å². The minimum absolute atomic E-state index is 0.0359. The van der Waals surface area contributed by atoms with Crippen molar-refractivity contribution in [2.45, 2.75) is 12.5 Å². The number of carboxylic acid groups (broad SMARTS) is 1. The third kappa shape index (κ3) is 2.22. The Kier molecular flexibility index (Phi) is 3.31. The van der Waals surface area contributed by atoms with Crippen LogP contribution in [0.15, 0.2) is 30.7 Å². The standard InChI is InChI=1S/C13H13ClN4O2/c14-12-11(13(19)20)18(8-16-12)9-4-6-17(7-9)10-3-1-2-5-15-10/h1-3,5,8-9H,4,6-7H2,(H,19,20). The average molecular weight is 293 g/mol. The topological polar surface area (TPSA) is 71.2 Å². The highest BCUT2D eigenvalue weighted by Crippen LogP contribution is 2.28. The van der Waals surface area contributed by atoms with Crippen molar-refractivity contribution in [1.82, 2.24) is 14.5 Å². The van der Waals surface area contributed by atoms with Crippen molar-refractivity contribution >= 4 is 23.4 Å². The van der Waals surface area contributed by atoms with E-state index in [1.54, 1.807) is 10.8 Å². The van der Waals surface area contributed by atoms with E-state index in [9.17, 15) is 9.90 Å². The van der Waals surface area contributed by atoms with Gasteiger partial charge in [0.15, 0.2) is 10.8 Å². The van der Waals surface area contributed by atoms with E-state index < -0.39 is 5.97 Å². The highest BCUT2D eigenvalue weighted by atomic mass is 35.5. The van der Waals surface area contributed by atoms with Gasteiger partial charge in [-0.3, -0.25) is 0 Å². The van der Waals surface area contributed by atoms with Gasteiger partial charge in [-0.2, -0.15) is 0 Å². The number of aromatic nitrogens is 3. The molecule has 1 atom stereocenters. The number of imidazole rings is 1. The fourth-order valence-electron chi connectivity index (χ4n) is 2.53. The molecule has 0 saturated carbocycles. The molecule has 0 aromatic carbocycles. The minimum Gasteiger partial charge on any atom is -0.476 e. The molecule has 1 fully saturated rings. The number of carbonyl (C=O) groups is 1. The fourth-order valence-corrected chi connectivity index (χ4v) is 2.75. The van der Waals surface area contributed by atoms with Crippen LogP contribution in [0.5, 0.6) is 0 Å². The molecule has 6 nitrogen and oxygen atoms in total. The van der Waals surface area contributed by atoms with Crippen LogP contribution in [0.3, 0.4) is 0 Å². The van der Waals surface area contributed by atoms with Gasteiger partial charge >= 0.3 is 5.97 Å². The molecule has 0 aliphatic carbocycles. The summed E-state index contributed by atoms with van der Waals surface area (Å²) in [7, 11) is 0. The summed E-state index contributed by atoms with van der Waals surface area (Å²) in [5, 5.41) is 9.24. The molecule has 0 bridgehead atoms. The monoisotopic (exact) mass is 292 g/mol. The molecule has 20 heavy (non-hydrogen) atoms. The first-order valence-corrected chi connectivity index (χ1v) is 6.66. The van der Waals surface area contributed by atoms with Gasteiger partial charge in [0.1, 0.15) is 5.82 Å². The lowest BCUT2D eigenvalue weighted by Crippen LogP contribution is -2.22. The van der Waals surface area contributed by atoms with Gasteiger partial charge in [-0.25, -0.2) is 14.8 Å². The number of rotatable bonds is 3. The Morgan fingerprint density at radius 3 is 2.95 bits per heavy atom. The Bertz CT molecular complexity index is 629. The molecule has 1 aliphatic heterocycles. The SMILES string of the molecule is O=C(O)c1c(Cl)ncn1C1CCN(c2ccccn2)C1. The maximum atomic E-state index is 11.2. The van der Waals surface area contributed by atoms with E-state index in [0.717, 1.165) is 18.8 Å². The molecule has 1 saturated heterocycles. The lowest BCUT2D eigenvalue weighted by molar-refractivity contribution is 0.0683. The third-order valence-corrected chi connectivity index (χ3v) is 3.76. The fraction of sp³-hybridized carbons (Fsp3) is 0.308. The van der Waals surface area contributed by atoms with Crippen molar-refractivity contribution in [3.63, 3.8) is 0 Å². The molecule has 3 rings (SSSR count). The zero-order valence-corrected chi connectivity index (χ0v) is 11.4. The molecule has 7 heteroatoms. The van der Waals surface area contributed by atoms with Gasteiger partial charge in [0.2, 0.25) is 0 Å². The number of anilines is 1. The summed E-state index contributed by atoms with van der Waals surface area (Å²) < 4.78 is 1.65. The summed E-state index contributed by atoms with van der Waals surface area (Å²) >= 11 is 5.83. The van der Waals surface area contributed by atoms with Crippen LogP contribution in [0.25, 0.3) is 0 Å². The minimum atomic E-state index is -1.05. The van der Waals surface area contributed by atoms with Gasteiger partial charge in [0.25, 0.3) is 0 Å². The molecular weight excluding hydrogens is 280 g/mol. The maximum absolute atomic E-state index is 11.2. The number of aromatic carboxylic acids is 1. The Labute approximate surface area is 120 Å². The molecule has 1 unspecified atom stereocenters. The Balaban J connectivity index is 1.83. The van der Waals surface area contributed by atoms with Crippen LogP contribution in [-0.4, -0.2) is 38.7 Å². The summed E-state index contributed by atoms with van der Waals surface area (Å²) in [5.41, 5.74) is 0.0551. The van der Waals surface area contributed by atoms with Crippen molar-refractivity contribution in [1.29, 1.82) is 0 Å². The molecule has 1 N–H and O–H groups in total. The predicted octanol–water partition coefficient (Wildman–Crippen LogP) is 2.08. The molecule has 0 amide bonds. The van der Waals surface area contributed by atoms with E-state index in [-0.39, 0.29) is 16.9 Å². The van der Waals surface area contributed by atoms with Crippen LogP contribution < -0.4 is 4.90 Å². The second kappa shape index (κ2) is 5.13. The molecule has 3 heterocycles. The van der Waals surface area contributed by atoms with Crippen molar-refractivity contribution in [2.24, 2.45) is 0 Å². The zero-order chi connectivity index (χ0) is 14.1. The Morgan fingerprint density at radius 1 is 1.40 bits per heavy atom. The summed E-state index contributed by atoms with van der Waals surface area (Å²) in [5.74, 6) is -0.151. The van der Waals surface area contributed by atoms with E-state index in [1.807, 2.05) is 18.2 Å². The van der Waals surface area contributed by atoms with Gasteiger partial charge in [-0.1, -0.05) is 17.7 Å². The van der Waals surface area contributed by atoms with E-state index in [4.69, 9.17) is 11.6 Å². The van der Waals surface area contributed by atoms with Gasteiger partial charge < -0.3 is 14.6 Å². The van der Waals surface area contributed by atoms with Crippen LogP contribution in [0.2, 0.25) is 5.15 Å². The molecular formula is C13H13ClN4O2. The van der Waals surface area contributed by atoms with Gasteiger partial charge in [-0.05, 0) is 18.6 Å². The quantitative estimate of drug-likeness (QED) is 0.938. The maximum Gasteiger partial charge on any atom is 0.355 e. The second-order valence-corrected chi connectivity index (χ2v) is 5.03. The van der Waals surface area contributed by atoms with Crippen molar-refractivity contribution in [3.05, 3.63) is 41.6 Å². The first kappa shape index (κ1) is 12.9. The van der Waals surface area contributed by atoms with Crippen molar-refractivity contribution < 1.29 is 9.90 Å². The predicted molar refractivity (Wildman–Crippen MR) is 74.3 cm³/mol. The summed E-state index contributed by atoms with van der Waals surface area (Å²) in [4.78, 5) is 21.6. The lowest BCUT2D eigenvalue weighted by atomic mass is 10.2. The smallest absolute Gasteiger partial charge is 0.355 e. The molecule has 2 aromatic heterocycles. The number of nitrogens with zero attached hydrogens (tertiary/aromatic N) is 4. The number of hydrogen-bond donors (Lipinski definition) is 1. The van der Waals surface area contributed by atoms with Crippen molar-refractivity contribution in [2.75, 3.05) is 18.0 Å². The summed E-state index contributed by atoms with van der Waals surface area (Å²) in [6.07, 6.45) is 4.08. The summed E-state index contributed by atoms with van der Waals surface area (Å²) in [6.45, 7) is 1.53. The number of carboxylic acids is 1. The van der Waals surface area contributed by atoms with E-state index in [2.05, 4.69) is 14.9 Å². The lowest BCUT2D eigenvalue weighted by Gasteiger charge is -2.18. The van der Waals surface area contributed by atoms with E-state index >= 15 is 0 Å². The normalized spacial score (nSPS) is 18.4. The molecule has 0 spiro atoms. The van der Waals surface area contributed by atoms with Crippen LogP contribution in [-0.2, 0) is 0 Å². The first-order chi connectivity index (χ1) is 9.66. The van der Waals surface area contributed by atoms with Crippen LogP contribution >= 0.6 is 11.6 Å². The highest BCUT2D eigenvalue weighted by Gasteiger charge is 2.29. The molecule has 0 radical (unpaired) electrons.